The summed E-state index contributed by atoms with van der Waals surface area (Å²) in [5.41, 5.74) is 6.02. The van der Waals surface area contributed by atoms with Gasteiger partial charge >= 0.3 is 0 Å². The molecule has 3 N–H and O–H groups in total. The molecule has 0 aliphatic carbocycles. The molecule has 0 unspecified atom stereocenters. The van der Waals surface area contributed by atoms with E-state index < -0.39 is 26.6 Å². The summed E-state index contributed by atoms with van der Waals surface area (Å²) in [5, 5.41) is 3.56. The second-order valence-electron chi connectivity index (χ2n) is 4.14. The van der Waals surface area contributed by atoms with Crippen molar-refractivity contribution in [2.45, 2.75) is 18.7 Å². The van der Waals surface area contributed by atoms with Crippen molar-refractivity contribution in [3.63, 3.8) is 0 Å². The van der Waals surface area contributed by atoms with E-state index in [2.05, 4.69) is 5.16 Å². The van der Waals surface area contributed by atoms with Gasteiger partial charge in [0.05, 0.1) is 5.69 Å². The van der Waals surface area contributed by atoms with E-state index in [0.717, 1.165) is 6.07 Å². The van der Waals surface area contributed by atoms with Gasteiger partial charge in [-0.2, -0.15) is 0 Å². The fraction of sp³-hybridized carbons (Fsp3) is 0.182. The second-order valence-corrected chi connectivity index (χ2v) is 5.79. The van der Waals surface area contributed by atoms with Gasteiger partial charge < -0.3 is 10.3 Å². The first kappa shape index (κ1) is 14.3. The lowest BCUT2D eigenvalue weighted by molar-refractivity contribution is 0.430. The SMILES string of the molecule is Cc1noc(NS(=O)(=O)c2cc(N)cc(F)c2F)c1C. The maximum Gasteiger partial charge on any atom is 0.267 e. The third-order valence-electron chi connectivity index (χ3n) is 2.69. The first-order valence-corrected chi connectivity index (χ1v) is 6.91. The van der Waals surface area contributed by atoms with Crippen molar-refractivity contribution in [1.29, 1.82) is 0 Å². The predicted octanol–water partition coefficient (Wildman–Crippen LogP) is 1.95. The van der Waals surface area contributed by atoms with E-state index in [1.165, 1.54) is 0 Å². The number of hydrogen-bond donors (Lipinski definition) is 2. The molecule has 9 heteroatoms. The van der Waals surface area contributed by atoms with Crippen LogP contribution in [-0.4, -0.2) is 13.6 Å². The van der Waals surface area contributed by atoms with E-state index in [1.807, 2.05) is 4.72 Å². The molecule has 0 aliphatic heterocycles. The zero-order valence-electron chi connectivity index (χ0n) is 10.6. The number of halogens is 2. The van der Waals surface area contributed by atoms with Gasteiger partial charge in [-0.3, -0.25) is 0 Å². The van der Waals surface area contributed by atoms with E-state index in [0.29, 0.717) is 17.3 Å². The van der Waals surface area contributed by atoms with Gasteiger partial charge in [-0.05, 0) is 26.0 Å². The van der Waals surface area contributed by atoms with Crippen molar-refractivity contribution in [3.05, 3.63) is 35.0 Å². The van der Waals surface area contributed by atoms with Crippen LogP contribution in [0, 0.1) is 25.5 Å². The van der Waals surface area contributed by atoms with E-state index in [-0.39, 0.29) is 11.6 Å². The molecule has 0 saturated carbocycles. The molecule has 20 heavy (non-hydrogen) atoms. The zero-order valence-corrected chi connectivity index (χ0v) is 11.4. The smallest absolute Gasteiger partial charge is 0.267 e. The van der Waals surface area contributed by atoms with Gasteiger partial charge in [0, 0.05) is 11.3 Å². The number of nitrogens with one attached hydrogen (secondary N) is 1. The second kappa shape index (κ2) is 4.75. The highest BCUT2D eigenvalue weighted by Crippen LogP contribution is 2.25. The number of hydrogen-bond acceptors (Lipinski definition) is 5. The maximum absolute atomic E-state index is 13.6. The van der Waals surface area contributed by atoms with Crippen LogP contribution in [0.3, 0.4) is 0 Å². The molecule has 1 heterocycles. The third-order valence-corrected chi connectivity index (χ3v) is 4.02. The van der Waals surface area contributed by atoms with Crippen LogP contribution >= 0.6 is 0 Å². The van der Waals surface area contributed by atoms with Crippen LogP contribution in [-0.2, 0) is 10.0 Å². The Bertz CT molecular complexity index is 771. The Kier molecular flexibility index (Phi) is 3.38. The summed E-state index contributed by atoms with van der Waals surface area (Å²) in [7, 11) is -4.38. The number of benzene rings is 1. The predicted molar refractivity (Wildman–Crippen MR) is 67.6 cm³/mol. The summed E-state index contributed by atoms with van der Waals surface area (Å²) in [6.45, 7) is 3.18. The first-order chi connectivity index (χ1) is 9.22. The molecule has 2 rings (SSSR count). The minimum Gasteiger partial charge on any atom is -0.399 e. The largest absolute Gasteiger partial charge is 0.399 e. The summed E-state index contributed by atoms with van der Waals surface area (Å²) in [6.07, 6.45) is 0. The van der Waals surface area contributed by atoms with Crippen LogP contribution in [0.15, 0.2) is 21.6 Å². The molecule has 0 amide bonds. The van der Waals surface area contributed by atoms with Crippen LogP contribution < -0.4 is 10.5 Å². The standard InChI is InChI=1S/C11H11F2N3O3S/c1-5-6(2)15-19-11(5)16-20(17,18)9-4-7(14)3-8(12)10(9)13/h3-4,16H,14H2,1-2H3. The summed E-state index contributed by atoms with van der Waals surface area (Å²) in [4.78, 5) is -0.900. The van der Waals surface area contributed by atoms with Gasteiger partial charge in [0.1, 0.15) is 4.90 Å². The van der Waals surface area contributed by atoms with Crippen molar-refractivity contribution < 1.29 is 21.7 Å². The Hall–Kier alpha value is -2.16. The highest BCUT2D eigenvalue weighted by Gasteiger charge is 2.25. The van der Waals surface area contributed by atoms with Crippen LogP contribution in [0.25, 0.3) is 0 Å². The lowest BCUT2D eigenvalue weighted by Gasteiger charge is -2.08. The maximum atomic E-state index is 13.6. The Morgan fingerprint density at radius 1 is 1.30 bits per heavy atom. The van der Waals surface area contributed by atoms with Crippen molar-refractivity contribution in [2.75, 3.05) is 10.5 Å². The molecule has 108 valence electrons. The molecule has 1 aromatic carbocycles. The van der Waals surface area contributed by atoms with E-state index in [4.69, 9.17) is 10.3 Å². The van der Waals surface area contributed by atoms with Crippen LogP contribution in [0.2, 0.25) is 0 Å². The number of nitrogens with two attached hydrogens (primary N) is 1. The number of rotatable bonds is 3. The number of nitrogens with zero attached hydrogens (tertiary/aromatic N) is 1. The van der Waals surface area contributed by atoms with Crippen molar-refractivity contribution in [3.8, 4) is 0 Å². The van der Waals surface area contributed by atoms with Crippen molar-refractivity contribution >= 4 is 21.6 Å². The molecular weight excluding hydrogens is 292 g/mol. The monoisotopic (exact) mass is 303 g/mol. The lowest BCUT2D eigenvalue weighted by Crippen LogP contribution is -2.16. The van der Waals surface area contributed by atoms with Gasteiger partial charge in [-0.15, -0.1) is 0 Å². The van der Waals surface area contributed by atoms with Crippen molar-refractivity contribution in [2.24, 2.45) is 0 Å². The summed E-state index contributed by atoms with van der Waals surface area (Å²) >= 11 is 0. The highest BCUT2D eigenvalue weighted by molar-refractivity contribution is 7.92. The average Bonchev–Trinajstić information content (AvgIpc) is 2.65. The number of sulfonamides is 1. The van der Waals surface area contributed by atoms with E-state index in [1.54, 1.807) is 13.8 Å². The first-order valence-electron chi connectivity index (χ1n) is 5.42. The van der Waals surface area contributed by atoms with Gasteiger partial charge in [0.15, 0.2) is 11.6 Å². The molecule has 0 radical (unpaired) electrons. The fourth-order valence-corrected chi connectivity index (χ4v) is 2.64. The van der Waals surface area contributed by atoms with E-state index in [9.17, 15) is 17.2 Å². The van der Waals surface area contributed by atoms with Gasteiger partial charge in [-0.1, -0.05) is 5.16 Å². The average molecular weight is 303 g/mol. The lowest BCUT2D eigenvalue weighted by atomic mass is 10.3. The third kappa shape index (κ3) is 2.44. The topological polar surface area (TPSA) is 98.2 Å². The molecule has 0 fully saturated rings. The normalized spacial score (nSPS) is 11.6. The van der Waals surface area contributed by atoms with Crippen LogP contribution in [0.5, 0.6) is 0 Å². The minimum atomic E-state index is -4.38. The van der Waals surface area contributed by atoms with Gasteiger partial charge in [-0.25, -0.2) is 21.9 Å². The number of aromatic nitrogens is 1. The molecule has 6 nitrogen and oxygen atoms in total. The van der Waals surface area contributed by atoms with E-state index >= 15 is 0 Å². The van der Waals surface area contributed by atoms with Crippen molar-refractivity contribution in [1.82, 2.24) is 5.16 Å². The van der Waals surface area contributed by atoms with Gasteiger partial charge in [0.25, 0.3) is 10.0 Å². The molecule has 0 saturated heterocycles. The summed E-state index contributed by atoms with van der Waals surface area (Å²) < 4.78 is 57.6. The van der Waals surface area contributed by atoms with Crippen LogP contribution in [0.4, 0.5) is 20.4 Å². The molecular formula is C11H11F2N3O3S. The molecule has 2 aromatic rings. The Morgan fingerprint density at radius 2 is 1.95 bits per heavy atom. The number of nitrogen functional groups attached to an aromatic ring is 1. The summed E-state index contributed by atoms with van der Waals surface area (Å²) in [5.74, 6) is -3.03. The molecule has 1 aromatic heterocycles. The fourth-order valence-electron chi connectivity index (χ4n) is 1.47. The Morgan fingerprint density at radius 3 is 2.50 bits per heavy atom. The molecule has 0 bridgehead atoms. The number of anilines is 2. The highest BCUT2D eigenvalue weighted by atomic mass is 32.2. The van der Waals surface area contributed by atoms with Gasteiger partial charge in [0.2, 0.25) is 5.88 Å². The molecule has 0 aliphatic rings. The zero-order chi connectivity index (χ0) is 15.1. The minimum absolute atomic E-state index is 0.162. The Balaban J connectivity index is 2.49. The van der Waals surface area contributed by atoms with Crippen LogP contribution in [0.1, 0.15) is 11.3 Å². The quantitative estimate of drug-likeness (QED) is 0.844. The molecule has 0 spiro atoms. The molecule has 0 atom stereocenters. The Labute approximate surface area is 113 Å². The summed E-state index contributed by atoms with van der Waals surface area (Å²) in [6, 6.07) is 1.51. The number of aryl methyl sites for hydroxylation is 1.